The Morgan fingerprint density at radius 1 is 1.03 bits per heavy atom. The van der Waals surface area contributed by atoms with Gasteiger partial charge in [-0.25, -0.2) is 9.97 Å². The fraction of sp³-hybridized carbons (Fsp3) is 0.409. The summed E-state index contributed by atoms with van der Waals surface area (Å²) in [6.45, 7) is 4.17. The van der Waals surface area contributed by atoms with Gasteiger partial charge in [-0.05, 0) is 31.5 Å². The van der Waals surface area contributed by atoms with Gasteiger partial charge >= 0.3 is 0 Å². The Kier molecular flexibility index (Phi) is 4.60. The quantitative estimate of drug-likeness (QED) is 0.739. The van der Waals surface area contributed by atoms with E-state index in [1.807, 2.05) is 17.9 Å². The first-order chi connectivity index (χ1) is 15.0. The number of nitrogens with zero attached hydrogens (tertiary/aromatic N) is 6. The van der Waals surface area contributed by atoms with Crippen molar-refractivity contribution in [3.8, 4) is 0 Å². The zero-order valence-electron chi connectivity index (χ0n) is 17.4. The van der Waals surface area contributed by atoms with Crippen LogP contribution in [0.25, 0.3) is 0 Å². The zero-order chi connectivity index (χ0) is 21.6. The number of benzene rings is 1. The third-order valence-electron chi connectivity index (χ3n) is 6.51. The smallest absolute Gasteiger partial charge is 0.258 e. The lowest BCUT2D eigenvalue weighted by molar-refractivity contribution is -0.133. The number of amides is 3. The summed E-state index contributed by atoms with van der Waals surface area (Å²) < 4.78 is 0. The van der Waals surface area contributed by atoms with Crippen LogP contribution in [0.1, 0.15) is 30.1 Å². The van der Waals surface area contributed by atoms with Gasteiger partial charge in [0.05, 0.1) is 11.3 Å². The normalized spacial score (nSPS) is 23.1. The molecule has 0 spiro atoms. The van der Waals surface area contributed by atoms with E-state index in [4.69, 9.17) is 0 Å². The lowest BCUT2D eigenvalue weighted by Gasteiger charge is -2.49. The van der Waals surface area contributed by atoms with Crippen molar-refractivity contribution in [2.24, 2.45) is 0 Å². The van der Waals surface area contributed by atoms with E-state index in [0.717, 1.165) is 0 Å². The standard InChI is InChI=1S/C22H24N6O3/c1-22-8-7-18(29)28(22)17-6-3-2-5-16(17)20(31)27(22)15-19(30)25-11-13-26(14-12-25)21-23-9-4-10-24-21/h2-6,9-10H,7-8,11-15H2,1H3. The topological polar surface area (TPSA) is 90.0 Å². The molecular formula is C22H24N6O3. The van der Waals surface area contributed by atoms with Crippen LogP contribution in [-0.2, 0) is 9.59 Å². The molecule has 31 heavy (non-hydrogen) atoms. The largest absolute Gasteiger partial charge is 0.338 e. The molecule has 0 aliphatic carbocycles. The van der Waals surface area contributed by atoms with Crippen LogP contribution in [0.15, 0.2) is 42.7 Å². The lowest BCUT2D eigenvalue weighted by atomic mass is 9.98. The molecule has 5 rings (SSSR count). The van der Waals surface area contributed by atoms with Crippen molar-refractivity contribution >= 4 is 29.4 Å². The highest BCUT2D eigenvalue weighted by Gasteiger charge is 2.53. The van der Waals surface area contributed by atoms with Gasteiger partial charge in [0.25, 0.3) is 5.91 Å². The van der Waals surface area contributed by atoms with Crippen molar-refractivity contribution in [1.82, 2.24) is 19.8 Å². The van der Waals surface area contributed by atoms with Crippen LogP contribution >= 0.6 is 0 Å². The molecule has 4 heterocycles. The second-order valence-corrected chi connectivity index (χ2v) is 8.27. The van der Waals surface area contributed by atoms with Gasteiger partial charge in [0, 0.05) is 45.0 Å². The van der Waals surface area contributed by atoms with Crippen LogP contribution in [0, 0.1) is 0 Å². The third kappa shape index (κ3) is 3.11. The summed E-state index contributed by atoms with van der Waals surface area (Å²) in [6.07, 6.45) is 4.28. The SMILES string of the molecule is CC12CCC(=O)N1c1ccccc1C(=O)N2CC(=O)N1CCN(c2ncccn2)CC1. The molecule has 1 unspecified atom stereocenters. The highest BCUT2D eigenvalue weighted by molar-refractivity contribution is 6.11. The molecule has 0 bridgehead atoms. The first-order valence-corrected chi connectivity index (χ1v) is 10.5. The van der Waals surface area contributed by atoms with Gasteiger partial charge in [-0.3, -0.25) is 19.3 Å². The lowest BCUT2D eigenvalue weighted by Crippen LogP contribution is -2.64. The summed E-state index contributed by atoms with van der Waals surface area (Å²) in [5.74, 6) is 0.331. The summed E-state index contributed by atoms with van der Waals surface area (Å²) in [5.41, 5.74) is 0.282. The molecular weight excluding hydrogens is 396 g/mol. The van der Waals surface area contributed by atoms with Gasteiger partial charge in [-0.1, -0.05) is 12.1 Å². The van der Waals surface area contributed by atoms with Crippen LogP contribution in [0.2, 0.25) is 0 Å². The highest BCUT2D eigenvalue weighted by Crippen LogP contribution is 2.43. The highest BCUT2D eigenvalue weighted by atomic mass is 16.2. The molecule has 2 fully saturated rings. The molecule has 3 aliphatic heterocycles. The Labute approximate surface area is 180 Å². The molecule has 3 aliphatic rings. The van der Waals surface area contributed by atoms with E-state index in [0.29, 0.717) is 56.2 Å². The summed E-state index contributed by atoms with van der Waals surface area (Å²) >= 11 is 0. The van der Waals surface area contributed by atoms with Crippen molar-refractivity contribution in [1.29, 1.82) is 0 Å². The van der Waals surface area contributed by atoms with E-state index in [1.165, 1.54) is 0 Å². The second kappa shape index (κ2) is 7.33. The maximum atomic E-state index is 13.3. The number of carbonyl (C=O) groups is 3. The first-order valence-electron chi connectivity index (χ1n) is 10.5. The van der Waals surface area contributed by atoms with E-state index in [-0.39, 0.29) is 24.3 Å². The monoisotopic (exact) mass is 420 g/mol. The van der Waals surface area contributed by atoms with E-state index < -0.39 is 5.66 Å². The van der Waals surface area contributed by atoms with Gasteiger partial charge in [-0.15, -0.1) is 0 Å². The maximum absolute atomic E-state index is 13.3. The molecule has 160 valence electrons. The molecule has 9 nitrogen and oxygen atoms in total. The zero-order valence-corrected chi connectivity index (χ0v) is 17.4. The predicted molar refractivity (Wildman–Crippen MR) is 113 cm³/mol. The van der Waals surface area contributed by atoms with Gasteiger partial charge < -0.3 is 14.7 Å². The minimum Gasteiger partial charge on any atom is -0.338 e. The number of hydrogen-bond donors (Lipinski definition) is 0. The summed E-state index contributed by atoms with van der Waals surface area (Å²) in [5, 5.41) is 0. The van der Waals surface area contributed by atoms with Crippen molar-refractivity contribution in [3.63, 3.8) is 0 Å². The summed E-state index contributed by atoms with van der Waals surface area (Å²) in [6, 6.07) is 8.91. The average molecular weight is 420 g/mol. The Morgan fingerprint density at radius 3 is 2.48 bits per heavy atom. The molecule has 2 aromatic rings. The van der Waals surface area contributed by atoms with E-state index in [9.17, 15) is 14.4 Å². The molecule has 0 saturated carbocycles. The molecule has 0 N–H and O–H groups in total. The first kappa shape index (κ1) is 19.5. The van der Waals surface area contributed by atoms with Gasteiger partial charge in [-0.2, -0.15) is 0 Å². The molecule has 1 atom stereocenters. The average Bonchev–Trinajstić information content (AvgIpc) is 3.12. The number of aromatic nitrogens is 2. The third-order valence-corrected chi connectivity index (χ3v) is 6.51. The Morgan fingerprint density at radius 2 is 1.74 bits per heavy atom. The predicted octanol–water partition coefficient (Wildman–Crippen LogP) is 1.12. The Bertz CT molecular complexity index is 1040. The fourth-order valence-electron chi connectivity index (χ4n) is 4.79. The fourth-order valence-corrected chi connectivity index (χ4v) is 4.79. The number of carbonyl (C=O) groups excluding carboxylic acids is 3. The van der Waals surface area contributed by atoms with Crippen LogP contribution in [0.3, 0.4) is 0 Å². The molecule has 1 aromatic heterocycles. The number of hydrogen-bond acceptors (Lipinski definition) is 6. The number of fused-ring (bicyclic) bond motifs is 3. The van der Waals surface area contributed by atoms with E-state index in [1.54, 1.807) is 51.4 Å². The van der Waals surface area contributed by atoms with Gasteiger partial charge in [0.15, 0.2) is 0 Å². The van der Waals surface area contributed by atoms with Crippen molar-refractivity contribution < 1.29 is 14.4 Å². The molecule has 2 saturated heterocycles. The minimum atomic E-state index is -0.822. The number of para-hydroxylation sites is 1. The van der Waals surface area contributed by atoms with Crippen LogP contribution in [0.5, 0.6) is 0 Å². The number of rotatable bonds is 3. The Hall–Kier alpha value is -3.49. The van der Waals surface area contributed by atoms with Crippen LogP contribution in [-0.4, -0.2) is 75.9 Å². The van der Waals surface area contributed by atoms with E-state index >= 15 is 0 Å². The van der Waals surface area contributed by atoms with E-state index in [2.05, 4.69) is 9.97 Å². The van der Waals surface area contributed by atoms with Crippen LogP contribution < -0.4 is 9.80 Å². The van der Waals surface area contributed by atoms with Crippen molar-refractivity contribution in [3.05, 3.63) is 48.3 Å². The van der Waals surface area contributed by atoms with Crippen molar-refractivity contribution in [2.75, 3.05) is 42.5 Å². The summed E-state index contributed by atoms with van der Waals surface area (Å²) in [4.78, 5) is 54.8. The number of piperazine rings is 1. The van der Waals surface area contributed by atoms with Crippen molar-refractivity contribution in [2.45, 2.75) is 25.4 Å². The van der Waals surface area contributed by atoms with Gasteiger partial charge in [0.1, 0.15) is 12.2 Å². The molecule has 1 aromatic carbocycles. The molecule has 3 amide bonds. The molecule has 9 heteroatoms. The van der Waals surface area contributed by atoms with Crippen LogP contribution in [0.4, 0.5) is 11.6 Å². The minimum absolute atomic E-state index is 0.0172. The van der Waals surface area contributed by atoms with Gasteiger partial charge in [0.2, 0.25) is 17.8 Å². The maximum Gasteiger partial charge on any atom is 0.258 e. The second-order valence-electron chi connectivity index (χ2n) is 8.27. The summed E-state index contributed by atoms with van der Waals surface area (Å²) in [7, 11) is 0. The Balaban J connectivity index is 1.33. The number of anilines is 2. The molecule has 0 radical (unpaired) electrons.